The zero-order valence-electron chi connectivity index (χ0n) is 10.2. The Balaban J connectivity index is 2.19. The first-order valence-electron chi connectivity index (χ1n) is 5.82. The molecule has 0 radical (unpaired) electrons. The van der Waals surface area contributed by atoms with Gasteiger partial charge < -0.3 is 10.8 Å². The van der Waals surface area contributed by atoms with Crippen LogP contribution in [-0.2, 0) is 0 Å². The van der Waals surface area contributed by atoms with Gasteiger partial charge in [-0.3, -0.25) is 0 Å². The summed E-state index contributed by atoms with van der Waals surface area (Å²) in [5.41, 5.74) is 5.42. The minimum absolute atomic E-state index is 0.0463. The zero-order valence-corrected chi connectivity index (χ0v) is 11.7. The average molecular weight is 274 g/mol. The summed E-state index contributed by atoms with van der Waals surface area (Å²) < 4.78 is 0. The van der Waals surface area contributed by atoms with E-state index in [9.17, 15) is 0 Å². The first-order chi connectivity index (χ1) is 8.05. The molecule has 0 heterocycles. The van der Waals surface area contributed by atoms with Crippen LogP contribution in [0.2, 0.25) is 5.02 Å². The second-order valence-corrected chi connectivity index (χ2v) is 6.09. The zero-order chi connectivity index (χ0) is 12.7. The fourth-order valence-electron chi connectivity index (χ4n) is 1.45. The van der Waals surface area contributed by atoms with Crippen LogP contribution in [0.25, 0.3) is 0 Å². The summed E-state index contributed by atoms with van der Waals surface area (Å²) in [5, 5.41) is 9.83. The van der Waals surface area contributed by atoms with Crippen LogP contribution < -0.4 is 5.73 Å². The Bertz CT molecular complexity index is 344. The monoisotopic (exact) mass is 273 g/mol. The Morgan fingerprint density at radius 1 is 1.35 bits per heavy atom. The van der Waals surface area contributed by atoms with Crippen molar-refractivity contribution in [1.82, 2.24) is 0 Å². The number of rotatable bonds is 7. The lowest BCUT2D eigenvalue weighted by atomic mass is 9.98. The molecule has 2 nitrogen and oxygen atoms in total. The summed E-state index contributed by atoms with van der Waals surface area (Å²) in [6.45, 7) is 1.93. The van der Waals surface area contributed by atoms with E-state index in [0.717, 1.165) is 34.9 Å². The molecular weight excluding hydrogens is 254 g/mol. The maximum atomic E-state index is 9.02. The van der Waals surface area contributed by atoms with E-state index in [1.807, 2.05) is 31.2 Å². The van der Waals surface area contributed by atoms with Crippen LogP contribution in [0.15, 0.2) is 29.2 Å². The number of unbranched alkanes of at least 4 members (excludes halogenated alkanes) is 1. The molecule has 3 N–H and O–H groups in total. The molecule has 0 aliphatic heterocycles. The fraction of sp³-hybridized carbons (Fsp3) is 0.538. The third kappa shape index (κ3) is 5.77. The molecule has 1 atom stereocenters. The van der Waals surface area contributed by atoms with E-state index in [1.54, 1.807) is 11.8 Å². The van der Waals surface area contributed by atoms with Gasteiger partial charge in [-0.05, 0) is 37.7 Å². The molecule has 1 unspecified atom stereocenters. The van der Waals surface area contributed by atoms with Crippen LogP contribution in [-0.4, -0.2) is 23.0 Å². The molecule has 1 aromatic rings. The first-order valence-corrected chi connectivity index (χ1v) is 7.18. The molecule has 0 saturated heterocycles. The number of hydrogen-bond donors (Lipinski definition) is 2. The summed E-state index contributed by atoms with van der Waals surface area (Å²) >= 11 is 7.83. The molecule has 0 saturated carbocycles. The maximum absolute atomic E-state index is 9.02. The lowest BCUT2D eigenvalue weighted by Crippen LogP contribution is -2.39. The minimum atomic E-state index is -0.435. The highest BCUT2D eigenvalue weighted by molar-refractivity contribution is 7.99. The SMILES string of the molecule is CC(N)(CO)CCCCSc1ccccc1Cl. The van der Waals surface area contributed by atoms with Crippen molar-refractivity contribution in [3.8, 4) is 0 Å². The van der Waals surface area contributed by atoms with E-state index < -0.39 is 5.54 Å². The molecule has 17 heavy (non-hydrogen) atoms. The van der Waals surface area contributed by atoms with Gasteiger partial charge in [-0.25, -0.2) is 0 Å². The highest BCUT2D eigenvalue weighted by Gasteiger charge is 2.15. The van der Waals surface area contributed by atoms with Crippen molar-refractivity contribution in [2.45, 2.75) is 36.6 Å². The molecule has 0 aliphatic carbocycles. The van der Waals surface area contributed by atoms with Crippen LogP contribution in [0, 0.1) is 0 Å². The quantitative estimate of drug-likeness (QED) is 0.592. The predicted molar refractivity (Wildman–Crippen MR) is 75.7 cm³/mol. The van der Waals surface area contributed by atoms with Crippen LogP contribution in [0.3, 0.4) is 0 Å². The number of benzene rings is 1. The van der Waals surface area contributed by atoms with Gasteiger partial charge in [0, 0.05) is 10.4 Å². The van der Waals surface area contributed by atoms with E-state index in [4.69, 9.17) is 22.4 Å². The molecule has 0 amide bonds. The molecule has 0 fully saturated rings. The standard InChI is InChI=1S/C13H20ClNOS/c1-13(15,10-16)8-4-5-9-17-12-7-3-2-6-11(12)14/h2-3,6-7,16H,4-5,8-10,15H2,1H3. The topological polar surface area (TPSA) is 46.2 Å². The molecule has 1 rings (SSSR count). The van der Waals surface area contributed by atoms with Crippen LogP contribution in [0.5, 0.6) is 0 Å². The summed E-state index contributed by atoms with van der Waals surface area (Å²) in [5.74, 6) is 1.03. The number of aliphatic hydroxyl groups is 1. The normalized spacial score (nSPS) is 14.6. The Morgan fingerprint density at radius 3 is 2.71 bits per heavy atom. The smallest absolute Gasteiger partial charge is 0.0608 e. The number of aliphatic hydroxyl groups excluding tert-OH is 1. The van der Waals surface area contributed by atoms with Gasteiger partial charge in [0.15, 0.2) is 0 Å². The maximum Gasteiger partial charge on any atom is 0.0608 e. The van der Waals surface area contributed by atoms with Gasteiger partial charge in [-0.15, -0.1) is 11.8 Å². The van der Waals surface area contributed by atoms with Gasteiger partial charge >= 0.3 is 0 Å². The van der Waals surface area contributed by atoms with Gasteiger partial charge in [0.1, 0.15) is 0 Å². The highest BCUT2D eigenvalue weighted by atomic mass is 35.5. The van der Waals surface area contributed by atoms with Gasteiger partial charge in [0.05, 0.1) is 11.6 Å². The number of nitrogens with two attached hydrogens (primary N) is 1. The van der Waals surface area contributed by atoms with Crippen molar-refractivity contribution in [3.05, 3.63) is 29.3 Å². The molecule has 0 spiro atoms. The van der Waals surface area contributed by atoms with Crippen LogP contribution >= 0.6 is 23.4 Å². The average Bonchev–Trinajstić information content (AvgIpc) is 2.31. The van der Waals surface area contributed by atoms with E-state index >= 15 is 0 Å². The van der Waals surface area contributed by atoms with Crippen molar-refractivity contribution in [2.75, 3.05) is 12.4 Å². The molecule has 96 valence electrons. The minimum Gasteiger partial charge on any atom is -0.394 e. The molecular formula is C13H20ClNOS. The van der Waals surface area contributed by atoms with E-state index in [-0.39, 0.29) is 6.61 Å². The molecule has 4 heteroatoms. The van der Waals surface area contributed by atoms with Crippen LogP contribution in [0.1, 0.15) is 26.2 Å². The van der Waals surface area contributed by atoms with Crippen molar-refractivity contribution in [2.24, 2.45) is 5.73 Å². The summed E-state index contributed by atoms with van der Waals surface area (Å²) in [6, 6.07) is 7.88. The van der Waals surface area contributed by atoms with Crippen molar-refractivity contribution < 1.29 is 5.11 Å². The third-order valence-corrected chi connectivity index (χ3v) is 4.20. The number of hydrogen-bond acceptors (Lipinski definition) is 3. The summed E-state index contributed by atoms with van der Waals surface area (Å²) in [6.07, 6.45) is 2.97. The Hall–Kier alpha value is -0.220. The molecule has 0 aromatic heterocycles. The fourth-order valence-corrected chi connectivity index (χ4v) is 2.70. The van der Waals surface area contributed by atoms with Crippen molar-refractivity contribution in [3.63, 3.8) is 0 Å². The molecule has 0 bridgehead atoms. The summed E-state index contributed by atoms with van der Waals surface area (Å²) in [7, 11) is 0. The van der Waals surface area contributed by atoms with Crippen LogP contribution in [0.4, 0.5) is 0 Å². The molecule has 0 aliphatic rings. The Labute approximate surface area is 113 Å². The lowest BCUT2D eigenvalue weighted by molar-refractivity contribution is 0.198. The first kappa shape index (κ1) is 14.8. The number of halogens is 1. The predicted octanol–water partition coefficient (Wildman–Crippen LogP) is 3.31. The van der Waals surface area contributed by atoms with E-state index in [0.29, 0.717) is 0 Å². The van der Waals surface area contributed by atoms with E-state index in [1.165, 1.54) is 0 Å². The van der Waals surface area contributed by atoms with E-state index in [2.05, 4.69) is 0 Å². The van der Waals surface area contributed by atoms with Crippen molar-refractivity contribution in [1.29, 1.82) is 0 Å². The Morgan fingerprint density at radius 2 is 2.06 bits per heavy atom. The Kier molecular flexibility index (Phi) is 6.34. The van der Waals surface area contributed by atoms with Gasteiger partial charge in [0.2, 0.25) is 0 Å². The second-order valence-electron chi connectivity index (χ2n) is 4.55. The molecule has 1 aromatic carbocycles. The van der Waals surface area contributed by atoms with Gasteiger partial charge in [-0.2, -0.15) is 0 Å². The number of thioether (sulfide) groups is 1. The lowest BCUT2D eigenvalue weighted by Gasteiger charge is -2.21. The largest absolute Gasteiger partial charge is 0.394 e. The third-order valence-electron chi connectivity index (χ3n) is 2.60. The van der Waals surface area contributed by atoms with Gasteiger partial charge in [0.25, 0.3) is 0 Å². The second kappa shape index (κ2) is 7.27. The summed E-state index contributed by atoms with van der Waals surface area (Å²) in [4.78, 5) is 1.13. The van der Waals surface area contributed by atoms with Gasteiger partial charge in [-0.1, -0.05) is 30.2 Å². The van der Waals surface area contributed by atoms with Crippen molar-refractivity contribution >= 4 is 23.4 Å². The highest BCUT2D eigenvalue weighted by Crippen LogP contribution is 2.27.